The first kappa shape index (κ1) is 24.9. The van der Waals surface area contributed by atoms with Crippen LogP contribution in [0.25, 0.3) is 0 Å². The number of rotatable bonds is 7. The van der Waals surface area contributed by atoms with E-state index in [1.807, 2.05) is 4.90 Å². The van der Waals surface area contributed by atoms with Crippen molar-refractivity contribution in [2.24, 2.45) is 5.92 Å². The van der Waals surface area contributed by atoms with E-state index in [4.69, 9.17) is 16.3 Å². The molecule has 188 valence electrons. The number of benzene rings is 1. The molecule has 8 nitrogen and oxygen atoms in total. The molecule has 2 amide bonds. The summed E-state index contributed by atoms with van der Waals surface area (Å²) in [5.74, 6) is 0.322. The molecular formula is C22H28ClF3N4O4. The van der Waals surface area contributed by atoms with Crippen molar-refractivity contribution in [2.45, 2.75) is 50.3 Å². The molecule has 2 aliphatic heterocycles. The van der Waals surface area contributed by atoms with Crippen molar-refractivity contribution >= 4 is 29.1 Å². The van der Waals surface area contributed by atoms with Crippen LogP contribution in [0, 0.1) is 5.92 Å². The molecule has 4 rings (SSSR count). The number of piperidine rings is 1. The zero-order chi connectivity index (χ0) is 24.3. The summed E-state index contributed by atoms with van der Waals surface area (Å²) in [4.78, 5) is 26.7. The van der Waals surface area contributed by atoms with Gasteiger partial charge in [-0.05, 0) is 57.0 Å². The van der Waals surface area contributed by atoms with Gasteiger partial charge in [0.05, 0.1) is 31.4 Å². The van der Waals surface area contributed by atoms with Crippen LogP contribution in [0.5, 0.6) is 5.75 Å². The van der Waals surface area contributed by atoms with Crippen LogP contribution >= 0.6 is 11.6 Å². The molecule has 1 aliphatic carbocycles. The molecule has 1 saturated heterocycles. The van der Waals surface area contributed by atoms with Gasteiger partial charge in [0.25, 0.3) is 0 Å². The molecule has 12 heteroatoms. The highest BCUT2D eigenvalue weighted by atomic mass is 35.5. The van der Waals surface area contributed by atoms with E-state index in [0.29, 0.717) is 49.8 Å². The molecule has 1 unspecified atom stereocenters. The van der Waals surface area contributed by atoms with Crippen molar-refractivity contribution < 1.29 is 32.2 Å². The Morgan fingerprint density at radius 1 is 1.24 bits per heavy atom. The van der Waals surface area contributed by atoms with Crippen LogP contribution in [0.1, 0.15) is 25.7 Å². The van der Waals surface area contributed by atoms with Crippen LogP contribution < -0.4 is 20.7 Å². The van der Waals surface area contributed by atoms with Gasteiger partial charge in [-0.25, -0.2) is 0 Å². The summed E-state index contributed by atoms with van der Waals surface area (Å²) in [6.45, 7) is 2.32. The first-order chi connectivity index (χ1) is 16.1. The number of fused-ring (bicyclic) bond motifs is 1. The molecule has 2 fully saturated rings. The topological polar surface area (TPSA) is 91.9 Å². The number of amides is 2. The van der Waals surface area contributed by atoms with Gasteiger partial charge in [0.15, 0.2) is 0 Å². The molecule has 1 atom stereocenters. The Labute approximate surface area is 200 Å². The van der Waals surface area contributed by atoms with Gasteiger partial charge in [-0.15, -0.1) is 13.2 Å². The molecule has 1 aromatic carbocycles. The number of halogens is 4. The Morgan fingerprint density at radius 2 is 1.97 bits per heavy atom. The Morgan fingerprint density at radius 3 is 2.68 bits per heavy atom. The average molecular weight is 505 g/mol. The standard InChI is InChI=1S/C22H28ClF3N4O4/c23-14-1-2-19-18(7-14)27-10-17(33-19)11-28-21(32)13-3-5-30(6-4-13)12-20(31)29-15-8-16(9-15)34-22(24,25)26/h1-2,7,13,15-17,27H,3-6,8-12H2,(H,28,32)(H,29,31)/t15-,16+,17?. The average Bonchev–Trinajstić information content (AvgIpc) is 2.75. The van der Waals surface area contributed by atoms with Gasteiger partial charge in [-0.3, -0.25) is 19.2 Å². The van der Waals surface area contributed by atoms with E-state index in [0.717, 1.165) is 5.69 Å². The quantitative estimate of drug-likeness (QED) is 0.528. The zero-order valence-electron chi connectivity index (χ0n) is 18.5. The van der Waals surface area contributed by atoms with Gasteiger partial charge >= 0.3 is 6.36 Å². The number of ether oxygens (including phenoxy) is 2. The Kier molecular flexibility index (Phi) is 7.73. The number of nitrogens with zero attached hydrogens (tertiary/aromatic N) is 1. The smallest absolute Gasteiger partial charge is 0.485 e. The van der Waals surface area contributed by atoms with Gasteiger partial charge in [-0.1, -0.05) is 11.6 Å². The second kappa shape index (κ2) is 10.6. The first-order valence-electron chi connectivity index (χ1n) is 11.4. The first-order valence-corrected chi connectivity index (χ1v) is 11.8. The molecule has 0 spiro atoms. The van der Waals surface area contributed by atoms with E-state index in [-0.39, 0.29) is 49.3 Å². The molecule has 0 aromatic heterocycles. The summed E-state index contributed by atoms with van der Waals surface area (Å²) in [5, 5.41) is 9.58. The Hall–Kier alpha value is -2.24. The fourth-order valence-corrected chi connectivity index (χ4v) is 4.63. The highest BCUT2D eigenvalue weighted by Crippen LogP contribution is 2.32. The van der Waals surface area contributed by atoms with Crippen molar-refractivity contribution in [1.82, 2.24) is 15.5 Å². The number of alkyl halides is 3. The predicted molar refractivity (Wildman–Crippen MR) is 119 cm³/mol. The van der Waals surface area contributed by atoms with Gasteiger partial charge in [0.1, 0.15) is 11.9 Å². The van der Waals surface area contributed by atoms with Crippen LogP contribution in [0.2, 0.25) is 5.02 Å². The van der Waals surface area contributed by atoms with Crippen LogP contribution in [0.4, 0.5) is 18.9 Å². The molecular weight excluding hydrogens is 477 g/mol. The fraction of sp³-hybridized carbons (Fsp3) is 0.636. The summed E-state index contributed by atoms with van der Waals surface area (Å²) < 4.78 is 46.3. The largest absolute Gasteiger partial charge is 0.522 e. The number of carbonyl (C=O) groups is 2. The number of carbonyl (C=O) groups excluding carboxylic acids is 2. The lowest BCUT2D eigenvalue weighted by molar-refractivity contribution is -0.351. The SMILES string of the molecule is O=C(CN1CCC(C(=O)NCC2CNc3cc(Cl)ccc3O2)CC1)N[C@H]1C[C@@H](OC(F)(F)F)C1. The molecule has 3 aliphatic rings. The van der Waals surface area contributed by atoms with Crippen LogP contribution in [0.15, 0.2) is 18.2 Å². The zero-order valence-corrected chi connectivity index (χ0v) is 19.3. The third-order valence-corrected chi connectivity index (χ3v) is 6.58. The second-order valence-electron chi connectivity index (χ2n) is 8.98. The molecule has 2 heterocycles. The molecule has 1 saturated carbocycles. The maximum Gasteiger partial charge on any atom is 0.522 e. The number of hydrogen-bond donors (Lipinski definition) is 3. The van der Waals surface area contributed by atoms with E-state index >= 15 is 0 Å². The highest BCUT2D eigenvalue weighted by molar-refractivity contribution is 6.30. The van der Waals surface area contributed by atoms with E-state index in [1.54, 1.807) is 18.2 Å². The Bertz CT molecular complexity index is 889. The van der Waals surface area contributed by atoms with Crippen molar-refractivity contribution in [3.8, 4) is 5.75 Å². The number of nitrogens with one attached hydrogen (secondary N) is 3. The van der Waals surface area contributed by atoms with Gasteiger partial charge in [0, 0.05) is 17.0 Å². The minimum absolute atomic E-state index is 0.0280. The van der Waals surface area contributed by atoms with Crippen molar-refractivity contribution in [2.75, 3.05) is 38.0 Å². The summed E-state index contributed by atoms with van der Waals surface area (Å²) in [6.07, 6.45) is -4.13. The van der Waals surface area contributed by atoms with Crippen LogP contribution in [-0.2, 0) is 14.3 Å². The van der Waals surface area contributed by atoms with Gasteiger partial charge in [-0.2, -0.15) is 0 Å². The third-order valence-electron chi connectivity index (χ3n) is 6.35. The van der Waals surface area contributed by atoms with Crippen LogP contribution in [0.3, 0.4) is 0 Å². The lowest BCUT2D eigenvalue weighted by Gasteiger charge is -2.36. The van der Waals surface area contributed by atoms with E-state index < -0.39 is 12.5 Å². The summed E-state index contributed by atoms with van der Waals surface area (Å²) in [6, 6.07) is 5.06. The summed E-state index contributed by atoms with van der Waals surface area (Å²) >= 11 is 5.98. The van der Waals surface area contributed by atoms with Crippen LogP contribution in [-0.4, -0.2) is 74.1 Å². The lowest BCUT2D eigenvalue weighted by Crippen LogP contribution is -2.52. The van der Waals surface area contributed by atoms with Gasteiger partial charge < -0.3 is 20.7 Å². The maximum absolute atomic E-state index is 12.6. The highest BCUT2D eigenvalue weighted by Gasteiger charge is 2.40. The number of likely N-dealkylation sites (tertiary alicyclic amines) is 1. The Balaban J connectivity index is 1.10. The molecule has 0 bridgehead atoms. The number of anilines is 1. The summed E-state index contributed by atoms with van der Waals surface area (Å²) in [7, 11) is 0. The molecule has 0 radical (unpaired) electrons. The molecule has 3 N–H and O–H groups in total. The maximum atomic E-state index is 12.6. The minimum Gasteiger partial charge on any atom is -0.485 e. The monoisotopic (exact) mass is 504 g/mol. The normalized spacial score (nSPS) is 25.4. The number of hydrogen-bond acceptors (Lipinski definition) is 6. The van der Waals surface area contributed by atoms with Crippen molar-refractivity contribution in [3.63, 3.8) is 0 Å². The van der Waals surface area contributed by atoms with E-state index in [1.165, 1.54) is 0 Å². The third kappa shape index (κ3) is 6.89. The predicted octanol–water partition coefficient (Wildman–Crippen LogP) is 2.52. The van der Waals surface area contributed by atoms with E-state index in [9.17, 15) is 22.8 Å². The minimum atomic E-state index is -4.64. The van der Waals surface area contributed by atoms with E-state index in [2.05, 4.69) is 20.7 Å². The lowest BCUT2D eigenvalue weighted by atomic mass is 9.89. The van der Waals surface area contributed by atoms with Gasteiger partial charge in [0.2, 0.25) is 11.8 Å². The van der Waals surface area contributed by atoms with Crippen molar-refractivity contribution in [3.05, 3.63) is 23.2 Å². The van der Waals surface area contributed by atoms with Crippen molar-refractivity contribution in [1.29, 1.82) is 0 Å². The fourth-order valence-electron chi connectivity index (χ4n) is 4.46. The molecule has 1 aromatic rings. The summed E-state index contributed by atoms with van der Waals surface area (Å²) in [5.41, 5.74) is 0.832. The second-order valence-corrected chi connectivity index (χ2v) is 9.41. The molecule has 34 heavy (non-hydrogen) atoms.